The van der Waals surface area contributed by atoms with Crippen LogP contribution in [0.4, 0.5) is 8.78 Å². The maximum atomic E-state index is 17.7. The molecule has 0 amide bonds. The summed E-state index contributed by atoms with van der Waals surface area (Å²) in [6.07, 6.45) is 2.65. The molecule has 4 aliphatic carbocycles. The molecule has 254 valence electrons. The summed E-state index contributed by atoms with van der Waals surface area (Å²) < 4.78 is 50.3. The van der Waals surface area contributed by atoms with Gasteiger partial charge in [0.15, 0.2) is 23.7 Å². The van der Waals surface area contributed by atoms with Crippen LogP contribution in [-0.4, -0.2) is 63.8 Å². The van der Waals surface area contributed by atoms with Crippen molar-refractivity contribution in [2.75, 3.05) is 12.4 Å². The third-order valence-electron chi connectivity index (χ3n) is 11.5. The van der Waals surface area contributed by atoms with Gasteiger partial charge in [-0.3, -0.25) is 14.4 Å². The SMILES string of the molecule is CCC(CC)C(=O)OCC#CCSC(=O)[C@@]1(OC(=O)c2ccco2)[C@H](C)C[C@H]2[C@@H]3C[C@H](F)C4=CC(=O)C=C[C@]4(C)[C@@]3(F)[C@@H](O)C[C@@]21C. The van der Waals surface area contributed by atoms with Crippen LogP contribution in [0, 0.1) is 46.3 Å². The van der Waals surface area contributed by atoms with E-state index in [0.717, 1.165) is 17.8 Å². The van der Waals surface area contributed by atoms with E-state index < -0.39 is 69.0 Å². The Kier molecular flexibility index (Phi) is 9.70. The Balaban J connectivity index is 1.47. The Morgan fingerprint density at radius 3 is 2.55 bits per heavy atom. The number of ether oxygens (including phenoxy) is 2. The molecular formula is C36H42F2O8S. The van der Waals surface area contributed by atoms with Crippen molar-refractivity contribution in [3.8, 4) is 11.8 Å². The van der Waals surface area contributed by atoms with Gasteiger partial charge in [-0.2, -0.15) is 0 Å². The minimum absolute atomic E-state index is 0.00348. The molecule has 5 rings (SSSR count). The molecule has 0 aliphatic heterocycles. The molecule has 47 heavy (non-hydrogen) atoms. The Hall–Kier alpha value is -3.23. The molecule has 0 bridgehead atoms. The Labute approximate surface area is 278 Å². The summed E-state index contributed by atoms with van der Waals surface area (Å²) in [5.41, 5.74) is -7.09. The van der Waals surface area contributed by atoms with E-state index in [4.69, 9.17) is 13.9 Å². The number of aliphatic hydroxyl groups is 1. The van der Waals surface area contributed by atoms with E-state index in [1.165, 1.54) is 37.5 Å². The predicted molar refractivity (Wildman–Crippen MR) is 170 cm³/mol. The number of hydrogen-bond donors (Lipinski definition) is 1. The third kappa shape index (κ3) is 5.40. The van der Waals surface area contributed by atoms with Crippen LogP contribution in [0.25, 0.3) is 0 Å². The third-order valence-corrected chi connectivity index (χ3v) is 12.3. The first-order chi connectivity index (χ1) is 22.2. The number of carbonyl (C=O) groups is 4. The van der Waals surface area contributed by atoms with Crippen molar-refractivity contribution in [2.24, 2.45) is 34.5 Å². The number of carbonyl (C=O) groups excluding carboxylic acids is 4. The van der Waals surface area contributed by atoms with Crippen molar-refractivity contribution in [3.63, 3.8) is 0 Å². The van der Waals surface area contributed by atoms with Crippen LogP contribution in [0.3, 0.4) is 0 Å². The van der Waals surface area contributed by atoms with E-state index in [9.17, 15) is 24.3 Å². The average molecular weight is 673 g/mol. The molecule has 4 aliphatic rings. The first kappa shape index (κ1) is 35.1. The number of alkyl halides is 2. The van der Waals surface area contributed by atoms with Gasteiger partial charge in [-0.1, -0.05) is 57.4 Å². The fourth-order valence-corrected chi connectivity index (χ4v) is 9.96. The zero-order valence-electron chi connectivity index (χ0n) is 27.3. The quantitative estimate of drug-likeness (QED) is 0.263. The lowest BCUT2D eigenvalue weighted by Gasteiger charge is -2.63. The topological polar surface area (TPSA) is 120 Å². The monoisotopic (exact) mass is 672 g/mol. The van der Waals surface area contributed by atoms with E-state index in [0.29, 0.717) is 12.8 Å². The van der Waals surface area contributed by atoms with Crippen LogP contribution in [0.15, 0.2) is 46.6 Å². The molecule has 8 nitrogen and oxygen atoms in total. The number of fused-ring (bicyclic) bond motifs is 5. The second kappa shape index (κ2) is 13.0. The van der Waals surface area contributed by atoms with Gasteiger partial charge in [0.1, 0.15) is 6.17 Å². The summed E-state index contributed by atoms with van der Waals surface area (Å²) in [5.74, 6) is 1.21. The maximum absolute atomic E-state index is 17.7. The maximum Gasteiger partial charge on any atom is 0.375 e. The number of aliphatic hydroxyl groups excluding tert-OH is 1. The minimum atomic E-state index is -2.35. The van der Waals surface area contributed by atoms with E-state index in [-0.39, 0.29) is 54.8 Å². The van der Waals surface area contributed by atoms with Crippen LogP contribution in [0.5, 0.6) is 0 Å². The van der Waals surface area contributed by atoms with Crippen LogP contribution < -0.4 is 0 Å². The molecule has 0 spiro atoms. The molecule has 0 saturated heterocycles. The van der Waals surface area contributed by atoms with Crippen LogP contribution >= 0.6 is 11.8 Å². The molecule has 1 N–H and O–H groups in total. The van der Waals surface area contributed by atoms with E-state index >= 15 is 8.78 Å². The largest absolute Gasteiger partial charge is 0.457 e. The summed E-state index contributed by atoms with van der Waals surface area (Å²) >= 11 is 0.824. The summed E-state index contributed by atoms with van der Waals surface area (Å²) in [4.78, 5) is 52.2. The van der Waals surface area contributed by atoms with Gasteiger partial charge in [0.05, 0.1) is 24.0 Å². The van der Waals surface area contributed by atoms with Crippen molar-refractivity contribution in [3.05, 3.63) is 48.0 Å². The van der Waals surface area contributed by atoms with Crippen molar-refractivity contribution in [1.82, 2.24) is 0 Å². The molecular weight excluding hydrogens is 630 g/mol. The summed E-state index contributed by atoms with van der Waals surface area (Å²) in [5, 5.41) is 11.2. The molecule has 1 aromatic rings. The van der Waals surface area contributed by atoms with Crippen molar-refractivity contribution < 1.29 is 47.0 Å². The van der Waals surface area contributed by atoms with Gasteiger partial charge in [0, 0.05) is 22.7 Å². The summed E-state index contributed by atoms with van der Waals surface area (Å²) in [7, 11) is 0. The van der Waals surface area contributed by atoms with Gasteiger partial charge < -0.3 is 19.0 Å². The number of thioether (sulfide) groups is 1. The van der Waals surface area contributed by atoms with Gasteiger partial charge in [-0.25, -0.2) is 13.6 Å². The summed E-state index contributed by atoms with van der Waals surface area (Å²) in [6.45, 7) is 8.64. The molecule has 0 unspecified atom stereocenters. The molecule has 3 saturated carbocycles. The van der Waals surface area contributed by atoms with Gasteiger partial charge in [-0.05, 0) is 74.8 Å². The molecule has 3 fully saturated rings. The number of esters is 2. The highest BCUT2D eigenvalue weighted by Gasteiger charge is 2.78. The summed E-state index contributed by atoms with van der Waals surface area (Å²) in [6, 6.07) is 2.91. The number of rotatable bonds is 8. The normalized spacial score (nSPS) is 37.2. The van der Waals surface area contributed by atoms with Crippen LogP contribution in [0.1, 0.15) is 77.3 Å². The second-order valence-electron chi connectivity index (χ2n) is 13.6. The Morgan fingerprint density at radius 2 is 1.89 bits per heavy atom. The van der Waals surface area contributed by atoms with Gasteiger partial charge in [0.2, 0.25) is 10.9 Å². The number of ketones is 1. The number of allylic oxidation sites excluding steroid dienone is 4. The zero-order valence-corrected chi connectivity index (χ0v) is 28.2. The van der Waals surface area contributed by atoms with Crippen molar-refractivity contribution in [2.45, 2.75) is 90.3 Å². The van der Waals surface area contributed by atoms with Crippen LogP contribution in [-0.2, 0) is 23.9 Å². The first-order valence-electron chi connectivity index (χ1n) is 16.2. The molecule has 11 heteroatoms. The van der Waals surface area contributed by atoms with Gasteiger partial charge in [-0.15, -0.1) is 0 Å². The fourth-order valence-electron chi connectivity index (χ4n) is 8.97. The van der Waals surface area contributed by atoms with E-state index in [1.54, 1.807) is 13.8 Å². The molecule has 9 atom stereocenters. The molecule has 0 aromatic carbocycles. The number of furan rings is 1. The predicted octanol–water partition coefficient (Wildman–Crippen LogP) is 5.98. The highest BCUT2D eigenvalue weighted by atomic mass is 32.2. The van der Waals surface area contributed by atoms with E-state index in [1.807, 2.05) is 13.8 Å². The first-order valence-corrected chi connectivity index (χ1v) is 17.2. The lowest BCUT2D eigenvalue weighted by Crippen LogP contribution is -2.70. The highest BCUT2D eigenvalue weighted by molar-refractivity contribution is 8.14. The van der Waals surface area contributed by atoms with Crippen molar-refractivity contribution in [1.29, 1.82) is 0 Å². The van der Waals surface area contributed by atoms with Crippen LogP contribution in [0.2, 0.25) is 0 Å². The molecule has 1 aromatic heterocycles. The standard InChI is InChI=1S/C36H42F2O8S/c1-6-22(7-2)30(41)45-14-8-9-16-47-32(43)36(46-31(42)28-11-10-15-44-28)21(3)17-24-25-19-27(37)26-18-23(39)12-13-33(26,4)35(25,38)29(40)20-34(24,36)5/h10-13,15,18,21-22,24-25,27,29,40H,6-7,14,16-17,19-20H2,1-5H3/t21-,24+,25+,27+,29+,33+,34+,35+,36+/m1/s1. The van der Waals surface area contributed by atoms with Crippen molar-refractivity contribution >= 4 is 34.6 Å². The minimum Gasteiger partial charge on any atom is -0.457 e. The fraction of sp³-hybridized carbons (Fsp3) is 0.611. The van der Waals surface area contributed by atoms with Gasteiger partial charge >= 0.3 is 11.9 Å². The average Bonchev–Trinajstić information content (AvgIpc) is 3.64. The molecule has 1 heterocycles. The second-order valence-corrected chi connectivity index (χ2v) is 14.6. The Morgan fingerprint density at radius 1 is 1.17 bits per heavy atom. The number of halogens is 2. The van der Waals surface area contributed by atoms with E-state index in [2.05, 4.69) is 11.8 Å². The number of hydrogen-bond acceptors (Lipinski definition) is 9. The lowest BCUT2D eigenvalue weighted by molar-refractivity contribution is -0.221. The molecule has 0 radical (unpaired) electrons. The lowest BCUT2D eigenvalue weighted by atomic mass is 9.44. The smallest absolute Gasteiger partial charge is 0.375 e. The van der Waals surface area contributed by atoms with Gasteiger partial charge in [0.25, 0.3) is 0 Å². The Bertz CT molecular complexity index is 1540. The zero-order chi connectivity index (χ0) is 34.4. The highest BCUT2D eigenvalue weighted by Crippen LogP contribution is 2.72.